The van der Waals surface area contributed by atoms with Crippen LogP contribution in [0.5, 0.6) is 0 Å². The fourth-order valence-electron chi connectivity index (χ4n) is 3.09. The van der Waals surface area contributed by atoms with Crippen LogP contribution in [0.2, 0.25) is 0 Å². The standard InChI is InChI=1S/C20H16N4OS.C2HF3O2/c21-12-26-11-13-1-3-14(4-2-13)18-9-15(5-7-22-18)19-10-16-17(24-19)6-8-23-20(16)25;3-2(4,5)1(6)7/h1-5,7,9-10,24H,6,8,11H2,(H,23,25);(H,6,7). The molecular formula is C22H17F3N4O3S. The fraction of sp³-hybridized carbons (Fsp3) is 0.182. The molecule has 0 spiro atoms. The second-order valence-corrected chi connectivity index (χ2v) is 7.65. The number of alkyl halides is 3. The average Bonchev–Trinajstić information content (AvgIpc) is 3.24. The lowest BCUT2D eigenvalue weighted by atomic mass is 10.1. The summed E-state index contributed by atoms with van der Waals surface area (Å²) in [4.78, 5) is 28.7. The third-order valence-electron chi connectivity index (χ3n) is 4.67. The molecule has 2 aromatic heterocycles. The Hall–Kier alpha value is -3.78. The minimum atomic E-state index is -5.08. The Morgan fingerprint density at radius 2 is 1.88 bits per heavy atom. The number of pyridine rings is 1. The lowest BCUT2D eigenvalue weighted by Gasteiger charge is -2.10. The molecule has 1 aliphatic heterocycles. The van der Waals surface area contributed by atoms with Gasteiger partial charge in [0.15, 0.2) is 0 Å². The molecule has 0 atom stereocenters. The first-order valence-electron chi connectivity index (χ1n) is 9.56. The molecule has 170 valence electrons. The second-order valence-electron chi connectivity index (χ2n) is 6.89. The highest BCUT2D eigenvalue weighted by molar-refractivity contribution is 8.02. The van der Waals surface area contributed by atoms with Crippen molar-refractivity contribution in [1.29, 1.82) is 5.26 Å². The van der Waals surface area contributed by atoms with Gasteiger partial charge < -0.3 is 15.4 Å². The molecular weight excluding hydrogens is 457 g/mol. The zero-order valence-electron chi connectivity index (χ0n) is 16.9. The Bertz CT molecular complexity index is 1200. The highest BCUT2D eigenvalue weighted by Crippen LogP contribution is 2.27. The van der Waals surface area contributed by atoms with Crippen molar-refractivity contribution in [2.75, 3.05) is 6.54 Å². The molecule has 4 rings (SSSR count). The number of fused-ring (bicyclic) bond motifs is 1. The molecule has 0 unspecified atom stereocenters. The molecule has 1 aliphatic rings. The van der Waals surface area contributed by atoms with E-state index in [0.29, 0.717) is 12.3 Å². The number of hydrogen-bond donors (Lipinski definition) is 3. The van der Waals surface area contributed by atoms with Crippen LogP contribution in [0, 0.1) is 10.7 Å². The summed E-state index contributed by atoms with van der Waals surface area (Å²) in [5.41, 5.74) is 6.65. The Labute approximate surface area is 190 Å². The predicted octanol–water partition coefficient (Wildman–Crippen LogP) is 4.38. The number of carbonyl (C=O) groups is 2. The summed E-state index contributed by atoms with van der Waals surface area (Å²) in [6.07, 6.45) is -2.48. The van der Waals surface area contributed by atoms with E-state index in [1.165, 1.54) is 11.8 Å². The number of thiocyanates is 1. The summed E-state index contributed by atoms with van der Waals surface area (Å²) >= 11 is 1.23. The maximum Gasteiger partial charge on any atom is 0.490 e. The molecule has 0 fully saturated rings. The van der Waals surface area contributed by atoms with Gasteiger partial charge in [-0.3, -0.25) is 9.78 Å². The molecule has 0 aliphatic carbocycles. The van der Waals surface area contributed by atoms with Crippen LogP contribution in [0.25, 0.3) is 22.5 Å². The highest BCUT2D eigenvalue weighted by Gasteiger charge is 2.38. The predicted molar refractivity (Wildman–Crippen MR) is 116 cm³/mol. The van der Waals surface area contributed by atoms with E-state index in [1.807, 2.05) is 42.5 Å². The van der Waals surface area contributed by atoms with Crippen LogP contribution >= 0.6 is 11.8 Å². The lowest BCUT2D eigenvalue weighted by molar-refractivity contribution is -0.192. The SMILES string of the molecule is N#CSCc1ccc(-c2cc(-c3cc4c([nH]3)CCNC4=O)ccn2)cc1.O=C(O)C(F)(F)F. The quantitative estimate of drug-likeness (QED) is 0.483. The van der Waals surface area contributed by atoms with E-state index < -0.39 is 12.1 Å². The topological polar surface area (TPSA) is 119 Å². The first-order valence-corrected chi connectivity index (χ1v) is 10.5. The van der Waals surface area contributed by atoms with Crippen molar-refractivity contribution in [3.8, 4) is 27.9 Å². The number of thioether (sulfide) groups is 1. The van der Waals surface area contributed by atoms with Crippen LogP contribution in [0.15, 0.2) is 48.7 Å². The van der Waals surface area contributed by atoms with Crippen LogP contribution < -0.4 is 5.32 Å². The summed E-state index contributed by atoms with van der Waals surface area (Å²) in [7, 11) is 0. The van der Waals surface area contributed by atoms with Crippen LogP contribution in [-0.4, -0.2) is 39.7 Å². The number of aromatic nitrogens is 2. The van der Waals surface area contributed by atoms with E-state index in [4.69, 9.17) is 15.2 Å². The van der Waals surface area contributed by atoms with Gasteiger partial charge in [-0.25, -0.2) is 4.79 Å². The van der Waals surface area contributed by atoms with Gasteiger partial charge in [0.2, 0.25) is 0 Å². The number of hydrogen-bond acceptors (Lipinski definition) is 5. The molecule has 1 amide bonds. The van der Waals surface area contributed by atoms with E-state index >= 15 is 0 Å². The Balaban J connectivity index is 0.000000383. The maximum atomic E-state index is 12.0. The van der Waals surface area contributed by atoms with Crippen LogP contribution in [0.3, 0.4) is 0 Å². The molecule has 0 saturated carbocycles. The number of H-pyrrole nitrogens is 1. The van der Waals surface area contributed by atoms with Crippen molar-refractivity contribution >= 4 is 23.6 Å². The second kappa shape index (κ2) is 10.2. The van der Waals surface area contributed by atoms with E-state index in [9.17, 15) is 18.0 Å². The monoisotopic (exact) mass is 474 g/mol. The smallest absolute Gasteiger partial charge is 0.475 e. The van der Waals surface area contributed by atoms with Crippen LogP contribution in [0.4, 0.5) is 13.2 Å². The van der Waals surface area contributed by atoms with E-state index in [-0.39, 0.29) is 5.91 Å². The largest absolute Gasteiger partial charge is 0.490 e. The summed E-state index contributed by atoms with van der Waals surface area (Å²) in [6.45, 7) is 0.670. The van der Waals surface area contributed by atoms with E-state index in [2.05, 4.69) is 20.7 Å². The highest BCUT2D eigenvalue weighted by atomic mass is 32.2. The fourth-order valence-corrected chi connectivity index (χ4v) is 3.52. The number of halogens is 3. The number of nitrogens with zero attached hydrogens (tertiary/aromatic N) is 2. The lowest BCUT2D eigenvalue weighted by Crippen LogP contribution is -2.31. The Morgan fingerprint density at radius 3 is 2.48 bits per heavy atom. The Morgan fingerprint density at radius 1 is 1.18 bits per heavy atom. The first kappa shape index (κ1) is 23.9. The van der Waals surface area contributed by atoms with Gasteiger partial charge in [0.1, 0.15) is 5.40 Å². The molecule has 0 radical (unpaired) electrons. The summed E-state index contributed by atoms with van der Waals surface area (Å²) in [5, 5.41) is 20.7. The first-order chi connectivity index (χ1) is 15.7. The zero-order valence-corrected chi connectivity index (χ0v) is 17.8. The van der Waals surface area contributed by atoms with Crippen LogP contribution in [-0.2, 0) is 17.0 Å². The molecule has 0 saturated heterocycles. The number of amides is 1. The third kappa shape index (κ3) is 6.14. The van der Waals surface area contributed by atoms with Gasteiger partial charge >= 0.3 is 12.1 Å². The van der Waals surface area contributed by atoms with Crippen LogP contribution in [0.1, 0.15) is 21.6 Å². The molecule has 3 heterocycles. The minimum absolute atomic E-state index is 0.0196. The molecule has 33 heavy (non-hydrogen) atoms. The minimum Gasteiger partial charge on any atom is -0.475 e. The van der Waals surface area contributed by atoms with Crippen molar-refractivity contribution in [3.05, 3.63) is 65.5 Å². The van der Waals surface area contributed by atoms with E-state index in [0.717, 1.165) is 45.8 Å². The van der Waals surface area contributed by atoms with Crippen molar-refractivity contribution in [2.45, 2.75) is 18.3 Å². The number of carboxylic acid groups (broad SMARTS) is 1. The van der Waals surface area contributed by atoms with Crippen molar-refractivity contribution in [2.24, 2.45) is 0 Å². The number of aromatic amines is 1. The van der Waals surface area contributed by atoms with E-state index in [1.54, 1.807) is 6.20 Å². The maximum absolute atomic E-state index is 12.0. The van der Waals surface area contributed by atoms with Gasteiger partial charge in [0.05, 0.1) is 11.3 Å². The molecule has 11 heteroatoms. The summed E-state index contributed by atoms with van der Waals surface area (Å²) < 4.78 is 31.7. The summed E-state index contributed by atoms with van der Waals surface area (Å²) in [6, 6.07) is 14.0. The molecule has 1 aromatic carbocycles. The molecule has 3 N–H and O–H groups in total. The van der Waals surface area contributed by atoms with Crippen molar-refractivity contribution < 1.29 is 27.9 Å². The number of nitriles is 1. The molecule has 3 aromatic rings. The van der Waals surface area contributed by atoms with Gasteiger partial charge in [-0.15, -0.1) is 0 Å². The molecule has 0 bridgehead atoms. The Kier molecular flexibility index (Phi) is 7.40. The number of carbonyl (C=O) groups excluding carboxylic acids is 1. The number of rotatable bonds is 4. The van der Waals surface area contributed by atoms with Gasteiger partial charge in [-0.1, -0.05) is 24.3 Å². The average molecular weight is 474 g/mol. The summed E-state index contributed by atoms with van der Waals surface area (Å²) in [5.74, 6) is -2.10. The number of benzene rings is 1. The number of nitrogens with one attached hydrogen (secondary N) is 2. The van der Waals surface area contributed by atoms with Gasteiger partial charge in [0, 0.05) is 47.4 Å². The number of aliphatic carboxylic acids is 1. The van der Waals surface area contributed by atoms with Crippen molar-refractivity contribution in [1.82, 2.24) is 15.3 Å². The zero-order chi connectivity index (χ0) is 24.0. The van der Waals surface area contributed by atoms with Gasteiger partial charge in [0.25, 0.3) is 5.91 Å². The molecule has 7 nitrogen and oxygen atoms in total. The number of carboxylic acids is 1. The normalized spacial score (nSPS) is 12.6. The van der Waals surface area contributed by atoms with Gasteiger partial charge in [-0.05, 0) is 35.5 Å². The third-order valence-corrected chi connectivity index (χ3v) is 5.28. The van der Waals surface area contributed by atoms with Gasteiger partial charge in [-0.2, -0.15) is 18.4 Å². The van der Waals surface area contributed by atoms with Crippen molar-refractivity contribution in [3.63, 3.8) is 0 Å².